The highest BCUT2D eigenvalue weighted by molar-refractivity contribution is 7.13. The number of para-hydroxylation sites is 1. The molecule has 2 nitrogen and oxygen atoms in total. The number of aromatic hydroxyl groups is 1. The van der Waals surface area contributed by atoms with Crippen LogP contribution in [0.3, 0.4) is 0 Å². The van der Waals surface area contributed by atoms with Crippen molar-refractivity contribution < 1.29 is 9.50 Å². The number of benzene rings is 2. The van der Waals surface area contributed by atoms with Crippen molar-refractivity contribution in [3.8, 4) is 27.6 Å². The quantitative estimate of drug-likeness (QED) is 0.744. The van der Waals surface area contributed by atoms with Gasteiger partial charge in [0.1, 0.15) is 16.6 Å². The summed E-state index contributed by atoms with van der Waals surface area (Å²) in [6.45, 7) is 1.73. The van der Waals surface area contributed by atoms with Gasteiger partial charge in [0.05, 0.1) is 11.3 Å². The summed E-state index contributed by atoms with van der Waals surface area (Å²) < 4.78 is 13.6. The van der Waals surface area contributed by atoms with E-state index in [1.807, 2.05) is 23.6 Å². The largest absolute Gasteiger partial charge is 0.507 e. The van der Waals surface area contributed by atoms with E-state index in [1.165, 1.54) is 17.4 Å². The highest BCUT2D eigenvalue weighted by Gasteiger charge is 2.10. The minimum Gasteiger partial charge on any atom is -0.507 e. The number of phenols is 1. The van der Waals surface area contributed by atoms with E-state index in [0.29, 0.717) is 16.8 Å². The van der Waals surface area contributed by atoms with Crippen LogP contribution in [0.1, 0.15) is 5.56 Å². The fourth-order valence-electron chi connectivity index (χ4n) is 1.94. The van der Waals surface area contributed by atoms with Gasteiger partial charge in [-0.05, 0) is 30.7 Å². The van der Waals surface area contributed by atoms with Crippen molar-refractivity contribution >= 4 is 11.3 Å². The molecule has 0 aliphatic carbocycles. The van der Waals surface area contributed by atoms with Crippen molar-refractivity contribution in [2.75, 3.05) is 0 Å². The Hall–Kier alpha value is -2.20. The van der Waals surface area contributed by atoms with Gasteiger partial charge in [-0.25, -0.2) is 9.37 Å². The molecule has 0 radical (unpaired) electrons. The van der Waals surface area contributed by atoms with Crippen LogP contribution in [0, 0.1) is 12.7 Å². The molecule has 1 heterocycles. The third-order valence-corrected chi connectivity index (χ3v) is 3.98. The monoisotopic (exact) mass is 285 g/mol. The number of phenolic OH excluding ortho intramolecular Hbond substituents is 1. The van der Waals surface area contributed by atoms with E-state index in [9.17, 15) is 9.50 Å². The van der Waals surface area contributed by atoms with Crippen LogP contribution in [-0.2, 0) is 0 Å². The number of halogens is 1. The van der Waals surface area contributed by atoms with Gasteiger partial charge in [-0.15, -0.1) is 11.3 Å². The Morgan fingerprint density at radius 1 is 1.15 bits per heavy atom. The van der Waals surface area contributed by atoms with E-state index in [-0.39, 0.29) is 11.6 Å². The maximum absolute atomic E-state index is 13.6. The van der Waals surface area contributed by atoms with Crippen molar-refractivity contribution in [2.45, 2.75) is 6.92 Å². The van der Waals surface area contributed by atoms with E-state index in [4.69, 9.17) is 0 Å². The lowest BCUT2D eigenvalue weighted by molar-refractivity contribution is 0.477. The predicted octanol–water partition coefficient (Wildman–Crippen LogP) is 4.63. The lowest BCUT2D eigenvalue weighted by Gasteiger charge is -2.01. The Labute approximate surface area is 120 Å². The molecule has 0 amide bonds. The van der Waals surface area contributed by atoms with Crippen molar-refractivity contribution in [2.24, 2.45) is 0 Å². The smallest absolute Gasteiger partial charge is 0.127 e. The van der Waals surface area contributed by atoms with Crippen LogP contribution >= 0.6 is 11.3 Å². The van der Waals surface area contributed by atoms with Crippen LogP contribution in [0.2, 0.25) is 0 Å². The van der Waals surface area contributed by atoms with Gasteiger partial charge in [0.15, 0.2) is 0 Å². The zero-order valence-electron chi connectivity index (χ0n) is 10.8. The first kappa shape index (κ1) is 12.8. The third-order valence-electron chi connectivity index (χ3n) is 3.11. The van der Waals surface area contributed by atoms with Gasteiger partial charge in [-0.3, -0.25) is 0 Å². The Kier molecular flexibility index (Phi) is 3.24. The minimum atomic E-state index is -0.236. The topological polar surface area (TPSA) is 33.1 Å². The summed E-state index contributed by atoms with van der Waals surface area (Å²) in [6.07, 6.45) is 0. The Morgan fingerprint density at radius 3 is 2.70 bits per heavy atom. The van der Waals surface area contributed by atoms with Crippen molar-refractivity contribution in [1.82, 2.24) is 4.98 Å². The SMILES string of the molecule is Cc1ccc(-c2csc(-c3ccccc3O)n2)cc1F. The second kappa shape index (κ2) is 5.06. The van der Waals surface area contributed by atoms with Crippen LogP contribution in [-0.4, -0.2) is 10.1 Å². The van der Waals surface area contributed by atoms with Gasteiger partial charge in [-0.2, -0.15) is 0 Å². The van der Waals surface area contributed by atoms with Gasteiger partial charge < -0.3 is 5.11 Å². The average molecular weight is 285 g/mol. The highest BCUT2D eigenvalue weighted by Crippen LogP contribution is 2.34. The molecule has 0 aliphatic heterocycles. The molecule has 3 aromatic rings. The Balaban J connectivity index is 2.02. The van der Waals surface area contributed by atoms with Crippen LogP contribution in [0.15, 0.2) is 47.8 Å². The maximum Gasteiger partial charge on any atom is 0.127 e. The molecule has 0 spiro atoms. The molecule has 3 rings (SSSR count). The average Bonchev–Trinajstić information content (AvgIpc) is 2.92. The lowest BCUT2D eigenvalue weighted by Crippen LogP contribution is -1.85. The maximum atomic E-state index is 13.6. The van der Waals surface area contributed by atoms with Gasteiger partial charge in [-0.1, -0.05) is 24.3 Å². The summed E-state index contributed by atoms with van der Waals surface area (Å²) in [4.78, 5) is 4.47. The summed E-state index contributed by atoms with van der Waals surface area (Å²) in [6, 6.07) is 12.1. The van der Waals surface area contributed by atoms with E-state index in [0.717, 1.165) is 10.6 Å². The summed E-state index contributed by atoms with van der Waals surface area (Å²) in [5.74, 6) is -0.0388. The summed E-state index contributed by atoms with van der Waals surface area (Å²) >= 11 is 1.43. The van der Waals surface area contributed by atoms with Crippen LogP contribution < -0.4 is 0 Å². The number of thiazole rings is 1. The fourth-order valence-corrected chi connectivity index (χ4v) is 2.80. The van der Waals surface area contributed by atoms with E-state index in [2.05, 4.69) is 4.98 Å². The molecule has 1 aromatic heterocycles. The third kappa shape index (κ3) is 2.30. The molecule has 1 N–H and O–H groups in total. The molecule has 100 valence electrons. The second-order valence-electron chi connectivity index (χ2n) is 4.52. The molecule has 4 heteroatoms. The Bertz CT molecular complexity index is 767. The number of nitrogens with zero attached hydrogens (tertiary/aromatic N) is 1. The molecule has 0 atom stereocenters. The van der Waals surface area contributed by atoms with Crippen molar-refractivity contribution in [3.05, 3.63) is 59.2 Å². The molecular weight excluding hydrogens is 273 g/mol. The summed E-state index contributed by atoms with van der Waals surface area (Å²) in [5, 5.41) is 12.4. The first-order valence-electron chi connectivity index (χ1n) is 6.15. The highest BCUT2D eigenvalue weighted by atomic mass is 32.1. The molecule has 0 aliphatic rings. The van der Waals surface area contributed by atoms with Gasteiger partial charge in [0, 0.05) is 10.9 Å². The van der Waals surface area contributed by atoms with E-state index < -0.39 is 0 Å². The molecular formula is C16H12FNOS. The normalized spacial score (nSPS) is 10.7. The van der Waals surface area contributed by atoms with Crippen LogP contribution in [0.5, 0.6) is 5.75 Å². The molecule has 0 saturated heterocycles. The number of aromatic nitrogens is 1. The molecule has 0 fully saturated rings. The second-order valence-corrected chi connectivity index (χ2v) is 5.38. The van der Waals surface area contributed by atoms with Crippen molar-refractivity contribution in [3.63, 3.8) is 0 Å². The van der Waals surface area contributed by atoms with Gasteiger partial charge in [0.25, 0.3) is 0 Å². The standard InChI is InChI=1S/C16H12FNOS/c1-10-6-7-11(8-13(10)17)14-9-20-16(18-14)12-4-2-3-5-15(12)19/h2-9,19H,1H3. The zero-order valence-corrected chi connectivity index (χ0v) is 11.6. The van der Waals surface area contributed by atoms with Crippen LogP contribution in [0.4, 0.5) is 4.39 Å². The van der Waals surface area contributed by atoms with Crippen molar-refractivity contribution in [1.29, 1.82) is 0 Å². The fraction of sp³-hybridized carbons (Fsp3) is 0.0625. The molecule has 2 aromatic carbocycles. The molecule has 0 unspecified atom stereocenters. The molecule has 0 saturated carbocycles. The number of rotatable bonds is 2. The molecule has 20 heavy (non-hydrogen) atoms. The first-order chi connectivity index (χ1) is 9.65. The predicted molar refractivity (Wildman–Crippen MR) is 79.3 cm³/mol. The summed E-state index contributed by atoms with van der Waals surface area (Å²) in [7, 11) is 0. The summed E-state index contributed by atoms with van der Waals surface area (Å²) in [5.41, 5.74) is 2.76. The van der Waals surface area contributed by atoms with Crippen LogP contribution in [0.25, 0.3) is 21.8 Å². The van der Waals surface area contributed by atoms with Gasteiger partial charge in [0.2, 0.25) is 0 Å². The lowest BCUT2D eigenvalue weighted by atomic mass is 10.1. The Morgan fingerprint density at radius 2 is 1.95 bits per heavy atom. The minimum absolute atomic E-state index is 0.198. The zero-order chi connectivity index (χ0) is 14.1. The van der Waals surface area contributed by atoms with E-state index >= 15 is 0 Å². The number of hydrogen-bond donors (Lipinski definition) is 1. The van der Waals surface area contributed by atoms with Gasteiger partial charge >= 0.3 is 0 Å². The number of aryl methyl sites for hydroxylation is 1. The molecule has 0 bridgehead atoms. The first-order valence-corrected chi connectivity index (χ1v) is 7.03. The number of hydrogen-bond acceptors (Lipinski definition) is 3. The van der Waals surface area contributed by atoms with E-state index in [1.54, 1.807) is 25.1 Å².